The third-order valence-corrected chi connectivity index (χ3v) is 6.70. The lowest BCUT2D eigenvalue weighted by Crippen LogP contribution is -2.33. The van der Waals surface area contributed by atoms with Crippen LogP contribution in [0.15, 0.2) is 34.2 Å². The number of rotatable bonds is 10. The van der Waals surface area contributed by atoms with E-state index in [1.807, 2.05) is 25.5 Å². The highest BCUT2D eigenvalue weighted by Crippen LogP contribution is 2.33. The Balaban J connectivity index is 2.12. The van der Waals surface area contributed by atoms with E-state index in [0.717, 1.165) is 27.7 Å². The lowest BCUT2D eigenvalue weighted by Gasteiger charge is -2.21. The average molecular weight is 446 g/mol. The van der Waals surface area contributed by atoms with Gasteiger partial charge in [-0.15, -0.1) is 23.5 Å². The van der Waals surface area contributed by atoms with Gasteiger partial charge in [-0.05, 0) is 56.9 Å². The number of nitrogens with one attached hydrogen (secondary N) is 2. The van der Waals surface area contributed by atoms with Crippen LogP contribution in [-0.4, -0.2) is 30.1 Å². The fourth-order valence-electron chi connectivity index (χ4n) is 3.70. The van der Waals surface area contributed by atoms with Crippen LogP contribution in [0.3, 0.4) is 0 Å². The quantitative estimate of drug-likeness (QED) is 0.307. The van der Waals surface area contributed by atoms with Gasteiger partial charge in [0.05, 0.1) is 5.69 Å². The van der Waals surface area contributed by atoms with Crippen LogP contribution in [0.5, 0.6) is 0 Å². The number of hydrogen-bond donors (Lipinski definition) is 2. The number of amides is 2. The molecule has 4 nitrogen and oxygen atoms in total. The molecule has 2 rings (SSSR count). The Bertz CT molecular complexity index is 829. The predicted molar refractivity (Wildman–Crippen MR) is 132 cm³/mol. The molecule has 6 heteroatoms. The Labute approximate surface area is 190 Å². The molecule has 2 N–H and O–H groups in total. The van der Waals surface area contributed by atoms with E-state index in [1.165, 1.54) is 36.0 Å². The van der Waals surface area contributed by atoms with Crippen LogP contribution >= 0.6 is 23.5 Å². The van der Waals surface area contributed by atoms with Crippen molar-refractivity contribution >= 4 is 35.2 Å². The molecule has 1 aromatic carbocycles. The summed E-state index contributed by atoms with van der Waals surface area (Å²) < 4.78 is 0. The molecule has 0 radical (unpaired) electrons. The second-order valence-electron chi connectivity index (χ2n) is 7.74. The van der Waals surface area contributed by atoms with Crippen LogP contribution in [0.25, 0.3) is 0 Å². The van der Waals surface area contributed by atoms with Gasteiger partial charge in [0, 0.05) is 23.1 Å². The zero-order chi connectivity index (χ0) is 22.1. The van der Waals surface area contributed by atoms with E-state index in [2.05, 4.69) is 54.6 Å². The van der Waals surface area contributed by atoms with Crippen molar-refractivity contribution in [3.05, 3.63) is 46.6 Å². The highest BCUT2D eigenvalue weighted by molar-refractivity contribution is 7.99. The number of pyridine rings is 1. The van der Waals surface area contributed by atoms with Gasteiger partial charge >= 0.3 is 6.03 Å². The van der Waals surface area contributed by atoms with Crippen molar-refractivity contribution in [1.82, 2.24) is 10.3 Å². The van der Waals surface area contributed by atoms with Gasteiger partial charge in [0.1, 0.15) is 5.03 Å². The van der Waals surface area contributed by atoms with Gasteiger partial charge in [-0.2, -0.15) is 0 Å². The largest absolute Gasteiger partial charge is 0.337 e. The minimum absolute atomic E-state index is 0.170. The zero-order valence-corrected chi connectivity index (χ0v) is 20.7. The van der Waals surface area contributed by atoms with Crippen molar-refractivity contribution in [3.63, 3.8) is 0 Å². The number of aromatic nitrogens is 1. The first-order valence-electron chi connectivity index (χ1n) is 10.6. The van der Waals surface area contributed by atoms with E-state index < -0.39 is 0 Å². The maximum absolute atomic E-state index is 12.8. The summed E-state index contributed by atoms with van der Waals surface area (Å²) >= 11 is 3.18. The molecule has 0 aliphatic carbocycles. The molecule has 1 aromatic heterocycles. The van der Waals surface area contributed by atoms with Crippen LogP contribution in [0.1, 0.15) is 60.9 Å². The van der Waals surface area contributed by atoms with Crippen molar-refractivity contribution in [2.24, 2.45) is 0 Å². The smallest absolute Gasteiger partial charge is 0.319 e. The molecule has 1 atom stereocenters. The number of benzene rings is 1. The number of carbonyl (C=O) groups is 1. The average Bonchev–Trinajstić information content (AvgIpc) is 2.72. The van der Waals surface area contributed by atoms with Crippen LogP contribution in [0.4, 0.5) is 10.5 Å². The second-order valence-corrected chi connectivity index (χ2v) is 9.38. The molecule has 1 unspecified atom stereocenters. The molecular formula is C24H35N3OS2. The van der Waals surface area contributed by atoms with E-state index >= 15 is 0 Å². The Morgan fingerprint density at radius 3 is 2.50 bits per heavy atom. The van der Waals surface area contributed by atoms with Crippen molar-refractivity contribution in [2.45, 2.75) is 69.2 Å². The van der Waals surface area contributed by atoms with Gasteiger partial charge in [0.25, 0.3) is 0 Å². The lowest BCUT2D eigenvalue weighted by atomic mass is 9.89. The number of aryl methyl sites for hydroxylation is 3. The Morgan fingerprint density at radius 1 is 1.10 bits per heavy atom. The SMILES string of the molecule is CCCCCC(CNC(=O)Nc1c(SC)cc(C)nc1SC)c1ccc(C)cc1C. The van der Waals surface area contributed by atoms with Crippen molar-refractivity contribution in [1.29, 1.82) is 0 Å². The van der Waals surface area contributed by atoms with Gasteiger partial charge in [-0.1, -0.05) is 49.9 Å². The fourth-order valence-corrected chi connectivity index (χ4v) is 5.01. The van der Waals surface area contributed by atoms with Gasteiger partial charge in [0.2, 0.25) is 0 Å². The first-order valence-corrected chi connectivity index (χ1v) is 13.1. The normalized spacial score (nSPS) is 11.9. The van der Waals surface area contributed by atoms with E-state index in [0.29, 0.717) is 12.5 Å². The fraction of sp³-hybridized carbons (Fsp3) is 0.500. The summed E-state index contributed by atoms with van der Waals surface area (Å²) in [6, 6.07) is 8.47. The molecule has 30 heavy (non-hydrogen) atoms. The Kier molecular flexibility index (Phi) is 10.1. The van der Waals surface area contributed by atoms with Crippen LogP contribution < -0.4 is 10.6 Å². The number of hydrogen-bond acceptors (Lipinski definition) is 4. The van der Waals surface area contributed by atoms with E-state index in [9.17, 15) is 4.79 Å². The summed E-state index contributed by atoms with van der Waals surface area (Å²) in [7, 11) is 0. The first-order chi connectivity index (χ1) is 14.4. The van der Waals surface area contributed by atoms with Gasteiger partial charge in [0.15, 0.2) is 0 Å². The van der Waals surface area contributed by atoms with Crippen LogP contribution in [0.2, 0.25) is 0 Å². The minimum atomic E-state index is -0.170. The minimum Gasteiger partial charge on any atom is -0.337 e. The molecule has 0 spiro atoms. The van der Waals surface area contributed by atoms with E-state index in [1.54, 1.807) is 23.5 Å². The lowest BCUT2D eigenvalue weighted by molar-refractivity contribution is 0.251. The number of urea groups is 1. The molecule has 1 heterocycles. The van der Waals surface area contributed by atoms with Gasteiger partial charge < -0.3 is 10.6 Å². The number of carbonyl (C=O) groups excluding carboxylic acids is 1. The molecule has 164 valence electrons. The predicted octanol–water partition coefficient (Wildman–Crippen LogP) is 6.94. The molecule has 0 fully saturated rings. The van der Waals surface area contributed by atoms with E-state index in [-0.39, 0.29) is 6.03 Å². The maximum atomic E-state index is 12.8. The van der Waals surface area contributed by atoms with Crippen LogP contribution in [-0.2, 0) is 0 Å². The summed E-state index contributed by atoms with van der Waals surface area (Å²) in [6.45, 7) is 9.12. The zero-order valence-electron chi connectivity index (χ0n) is 19.1. The summed E-state index contributed by atoms with van der Waals surface area (Å²) in [5, 5.41) is 7.02. The number of nitrogens with zero attached hydrogens (tertiary/aromatic N) is 1. The molecule has 2 amide bonds. The van der Waals surface area contributed by atoms with Gasteiger partial charge in [-0.25, -0.2) is 9.78 Å². The topological polar surface area (TPSA) is 54.0 Å². The van der Waals surface area contributed by atoms with Crippen molar-refractivity contribution in [2.75, 3.05) is 24.4 Å². The molecular weight excluding hydrogens is 410 g/mol. The molecule has 2 aromatic rings. The van der Waals surface area contributed by atoms with Crippen molar-refractivity contribution < 1.29 is 4.79 Å². The standard InChI is InChI=1S/C24H35N3OS2/c1-7-8-9-10-19(20-12-11-16(2)13-17(20)3)15-25-24(28)27-22-21(29-5)14-18(4)26-23(22)30-6/h11-14,19H,7-10,15H2,1-6H3,(H2,25,27,28). The maximum Gasteiger partial charge on any atom is 0.319 e. The number of thioether (sulfide) groups is 2. The molecule has 0 bridgehead atoms. The molecule has 0 saturated carbocycles. The Morgan fingerprint density at radius 2 is 1.87 bits per heavy atom. The molecule has 0 aliphatic rings. The summed E-state index contributed by atoms with van der Waals surface area (Å²) in [6.07, 6.45) is 8.67. The van der Waals surface area contributed by atoms with Gasteiger partial charge in [-0.3, -0.25) is 0 Å². The Hall–Kier alpha value is -1.66. The number of unbranched alkanes of at least 4 members (excludes halogenated alkanes) is 2. The highest BCUT2D eigenvalue weighted by atomic mass is 32.2. The first kappa shape index (κ1) is 24.6. The summed E-state index contributed by atoms with van der Waals surface area (Å²) in [5.74, 6) is 0.319. The number of anilines is 1. The van der Waals surface area contributed by atoms with Crippen molar-refractivity contribution in [3.8, 4) is 0 Å². The van der Waals surface area contributed by atoms with E-state index in [4.69, 9.17) is 0 Å². The third-order valence-electron chi connectivity index (χ3n) is 5.26. The van der Waals surface area contributed by atoms with Crippen LogP contribution in [0, 0.1) is 20.8 Å². The highest BCUT2D eigenvalue weighted by Gasteiger charge is 2.17. The summed E-state index contributed by atoms with van der Waals surface area (Å²) in [5.41, 5.74) is 5.67. The monoisotopic (exact) mass is 445 g/mol. The summed E-state index contributed by atoms with van der Waals surface area (Å²) in [4.78, 5) is 18.4. The molecule has 0 aliphatic heterocycles. The second kappa shape index (κ2) is 12.3. The third kappa shape index (κ3) is 6.95. The molecule has 0 saturated heterocycles.